The first-order valence-electron chi connectivity index (χ1n) is 8.51. The molecule has 1 N–H and O–H groups in total. The Kier molecular flexibility index (Phi) is 3.63. The van der Waals surface area contributed by atoms with Crippen LogP contribution in [0.5, 0.6) is 0 Å². The van der Waals surface area contributed by atoms with Gasteiger partial charge in [0, 0.05) is 36.1 Å². The lowest BCUT2D eigenvalue weighted by Crippen LogP contribution is -2.41. The van der Waals surface area contributed by atoms with Crippen molar-refractivity contribution in [2.75, 3.05) is 13.1 Å². The molecule has 0 aliphatic carbocycles. The average Bonchev–Trinajstić information content (AvgIpc) is 3.19. The van der Waals surface area contributed by atoms with Crippen LogP contribution in [0.4, 0.5) is 0 Å². The van der Waals surface area contributed by atoms with Crippen molar-refractivity contribution >= 4 is 16.8 Å². The highest BCUT2D eigenvalue weighted by Gasteiger charge is 2.27. The fraction of sp³-hybridized carbons (Fsp3) is 0.368. The number of amides is 1. The molecule has 1 fully saturated rings. The van der Waals surface area contributed by atoms with E-state index in [1.54, 1.807) is 0 Å². The van der Waals surface area contributed by atoms with Crippen LogP contribution in [0.1, 0.15) is 40.6 Å². The molecule has 1 aromatic carbocycles. The Bertz CT molecular complexity index is 892. The van der Waals surface area contributed by atoms with E-state index >= 15 is 0 Å². The Labute approximate surface area is 141 Å². The first-order chi connectivity index (χ1) is 11.6. The SMILES string of the molecule is Cc1cc(C)n([C@H]2CCCN(C(=O)c3ccc4cc[nH]c4c3)C2)n1. The predicted molar refractivity (Wildman–Crippen MR) is 94.2 cm³/mol. The number of aromatic nitrogens is 3. The number of hydrogen-bond acceptors (Lipinski definition) is 2. The minimum atomic E-state index is 0.109. The van der Waals surface area contributed by atoms with Crippen LogP contribution in [0.2, 0.25) is 0 Å². The minimum absolute atomic E-state index is 0.109. The maximum Gasteiger partial charge on any atom is 0.254 e. The highest BCUT2D eigenvalue weighted by Crippen LogP contribution is 2.25. The van der Waals surface area contributed by atoms with Crippen LogP contribution in [0.25, 0.3) is 10.9 Å². The van der Waals surface area contributed by atoms with Gasteiger partial charge in [-0.2, -0.15) is 5.10 Å². The summed E-state index contributed by atoms with van der Waals surface area (Å²) in [6.07, 6.45) is 3.99. The monoisotopic (exact) mass is 322 g/mol. The molecule has 2 aromatic heterocycles. The second-order valence-electron chi connectivity index (χ2n) is 6.70. The van der Waals surface area contributed by atoms with Gasteiger partial charge in [-0.05, 0) is 56.3 Å². The van der Waals surface area contributed by atoms with Crippen LogP contribution in [-0.4, -0.2) is 38.7 Å². The number of likely N-dealkylation sites (tertiary alicyclic amines) is 1. The topological polar surface area (TPSA) is 53.9 Å². The molecule has 1 saturated heterocycles. The molecule has 124 valence electrons. The Morgan fingerprint density at radius 2 is 2.12 bits per heavy atom. The lowest BCUT2D eigenvalue weighted by molar-refractivity contribution is 0.0671. The van der Waals surface area contributed by atoms with Gasteiger partial charge in [0.2, 0.25) is 0 Å². The second kappa shape index (κ2) is 5.82. The van der Waals surface area contributed by atoms with Crippen molar-refractivity contribution in [1.82, 2.24) is 19.7 Å². The van der Waals surface area contributed by atoms with Crippen LogP contribution in [-0.2, 0) is 0 Å². The summed E-state index contributed by atoms with van der Waals surface area (Å²) in [6.45, 7) is 5.64. The van der Waals surface area contributed by atoms with E-state index in [9.17, 15) is 4.79 Å². The number of fused-ring (bicyclic) bond motifs is 1. The van der Waals surface area contributed by atoms with E-state index in [0.29, 0.717) is 0 Å². The zero-order valence-electron chi connectivity index (χ0n) is 14.1. The lowest BCUT2D eigenvalue weighted by Gasteiger charge is -2.33. The van der Waals surface area contributed by atoms with Gasteiger partial charge in [-0.3, -0.25) is 9.48 Å². The van der Waals surface area contributed by atoms with Crippen molar-refractivity contribution in [2.45, 2.75) is 32.7 Å². The van der Waals surface area contributed by atoms with Crippen molar-refractivity contribution in [3.05, 3.63) is 53.5 Å². The number of carbonyl (C=O) groups is 1. The quantitative estimate of drug-likeness (QED) is 0.785. The lowest BCUT2D eigenvalue weighted by atomic mass is 10.0. The molecule has 0 unspecified atom stereocenters. The number of aromatic amines is 1. The maximum atomic E-state index is 12.9. The number of benzene rings is 1. The summed E-state index contributed by atoms with van der Waals surface area (Å²) in [4.78, 5) is 18.1. The molecule has 0 spiro atoms. The normalized spacial score (nSPS) is 18.2. The molecule has 1 aliphatic rings. The maximum absolute atomic E-state index is 12.9. The molecule has 0 saturated carbocycles. The number of hydrogen-bond donors (Lipinski definition) is 1. The van der Waals surface area contributed by atoms with Crippen LogP contribution < -0.4 is 0 Å². The van der Waals surface area contributed by atoms with E-state index in [4.69, 9.17) is 0 Å². The van der Waals surface area contributed by atoms with Gasteiger partial charge < -0.3 is 9.88 Å². The molecule has 0 bridgehead atoms. The van der Waals surface area contributed by atoms with Crippen LogP contribution in [0.15, 0.2) is 36.5 Å². The highest BCUT2D eigenvalue weighted by atomic mass is 16.2. The molecule has 3 heterocycles. The van der Waals surface area contributed by atoms with E-state index in [1.165, 1.54) is 5.69 Å². The summed E-state index contributed by atoms with van der Waals surface area (Å²) in [6, 6.07) is 10.3. The Balaban J connectivity index is 1.56. The first-order valence-corrected chi connectivity index (χ1v) is 8.51. The summed E-state index contributed by atoms with van der Waals surface area (Å²) in [5.41, 5.74) is 3.96. The Morgan fingerprint density at radius 3 is 2.92 bits per heavy atom. The van der Waals surface area contributed by atoms with E-state index in [-0.39, 0.29) is 11.9 Å². The van der Waals surface area contributed by atoms with E-state index in [2.05, 4.69) is 27.8 Å². The summed E-state index contributed by atoms with van der Waals surface area (Å²) < 4.78 is 2.09. The summed E-state index contributed by atoms with van der Waals surface area (Å²) >= 11 is 0. The fourth-order valence-electron chi connectivity index (χ4n) is 3.72. The molecule has 1 atom stereocenters. The average molecular weight is 322 g/mol. The van der Waals surface area contributed by atoms with Gasteiger partial charge in [0.05, 0.1) is 11.7 Å². The molecule has 24 heavy (non-hydrogen) atoms. The third kappa shape index (κ3) is 2.60. The second-order valence-corrected chi connectivity index (χ2v) is 6.70. The largest absolute Gasteiger partial charge is 0.361 e. The van der Waals surface area contributed by atoms with Gasteiger partial charge in [-0.15, -0.1) is 0 Å². The number of nitrogens with one attached hydrogen (secondary N) is 1. The van der Waals surface area contributed by atoms with E-state index in [1.807, 2.05) is 42.3 Å². The number of carbonyl (C=O) groups excluding carboxylic acids is 1. The van der Waals surface area contributed by atoms with E-state index < -0.39 is 0 Å². The first kappa shape index (κ1) is 15.0. The Hall–Kier alpha value is -2.56. The summed E-state index contributed by atoms with van der Waals surface area (Å²) in [7, 11) is 0. The molecule has 5 heteroatoms. The number of H-pyrrole nitrogens is 1. The van der Waals surface area contributed by atoms with Gasteiger partial charge in [-0.1, -0.05) is 6.07 Å². The van der Waals surface area contributed by atoms with Crippen molar-refractivity contribution < 1.29 is 4.79 Å². The number of nitrogens with zero attached hydrogens (tertiary/aromatic N) is 3. The standard InChI is InChI=1S/C19H22N4O/c1-13-10-14(2)23(21-13)17-4-3-9-22(12-17)19(24)16-6-5-15-7-8-20-18(15)11-16/h5-8,10-11,17,20H,3-4,9,12H2,1-2H3/t17-/m0/s1. The van der Waals surface area contributed by atoms with Crippen LogP contribution in [0.3, 0.4) is 0 Å². The molecular formula is C19H22N4O. The summed E-state index contributed by atoms with van der Waals surface area (Å²) in [5, 5.41) is 5.74. The molecule has 1 amide bonds. The third-order valence-corrected chi connectivity index (χ3v) is 4.88. The molecular weight excluding hydrogens is 300 g/mol. The highest BCUT2D eigenvalue weighted by molar-refractivity contribution is 5.98. The van der Waals surface area contributed by atoms with Gasteiger partial charge in [0.25, 0.3) is 5.91 Å². The molecule has 0 radical (unpaired) electrons. The molecule has 4 rings (SSSR count). The van der Waals surface area contributed by atoms with E-state index in [0.717, 1.165) is 48.1 Å². The van der Waals surface area contributed by atoms with Crippen molar-refractivity contribution in [1.29, 1.82) is 0 Å². The smallest absolute Gasteiger partial charge is 0.254 e. The molecule has 1 aliphatic heterocycles. The van der Waals surface area contributed by atoms with Gasteiger partial charge in [0.15, 0.2) is 0 Å². The number of rotatable bonds is 2. The Morgan fingerprint density at radius 1 is 1.25 bits per heavy atom. The molecule has 5 nitrogen and oxygen atoms in total. The van der Waals surface area contributed by atoms with Gasteiger partial charge >= 0.3 is 0 Å². The van der Waals surface area contributed by atoms with Crippen LogP contribution >= 0.6 is 0 Å². The zero-order valence-corrected chi connectivity index (χ0v) is 14.1. The van der Waals surface area contributed by atoms with Crippen molar-refractivity contribution in [2.24, 2.45) is 0 Å². The predicted octanol–water partition coefficient (Wildman–Crippen LogP) is 3.46. The third-order valence-electron chi connectivity index (χ3n) is 4.88. The zero-order chi connectivity index (χ0) is 16.7. The minimum Gasteiger partial charge on any atom is -0.361 e. The fourth-order valence-corrected chi connectivity index (χ4v) is 3.72. The summed E-state index contributed by atoms with van der Waals surface area (Å²) in [5.74, 6) is 0.109. The molecule has 3 aromatic rings. The van der Waals surface area contributed by atoms with Crippen molar-refractivity contribution in [3.8, 4) is 0 Å². The van der Waals surface area contributed by atoms with Crippen LogP contribution in [0, 0.1) is 13.8 Å². The van der Waals surface area contributed by atoms with Crippen molar-refractivity contribution in [3.63, 3.8) is 0 Å². The number of piperidine rings is 1. The van der Waals surface area contributed by atoms with Gasteiger partial charge in [0.1, 0.15) is 0 Å². The van der Waals surface area contributed by atoms with Gasteiger partial charge in [-0.25, -0.2) is 0 Å². The number of aryl methyl sites for hydroxylation is 2.